The zero-order valence-electron chi connectivity index (χ0n) is 27.1. The maximum Gasteiger partial charge on any atom is 0.145 e. The second-order valence-corrected chi connectivity index (χ2v) is 14.4. The lowest BCUT2D eigenvalue weighted by Crippen LogP contribution is -2.31. The third kappa shape index (κ3) is 3.43. The SMILES string of the molecule is CC1(C)c2cc3c(cc2-c2cc4c5ccccc5c5ccccc5c4cc21)C(C)(C)c1ccccc1N3c1nccc2ccccc12. The van der Waals surface area contributed by atoms with Gasteiger partial charge in [0, 0.05) is 22.4 Å². The van der Waals surface area contributed by atoms with Gasteiger partial charge in [0.2, 0.25) is 0 Å². The molecular weight excluding hydrogens is 569 g/mol. The van der Waals surface area contributed by atoms with Crippen LogP contribution >= 0.6 is 0 Å². The van der Waals surface area contributed by atoms with Gasteiger partial charge in [-0.05, 0) is 107 Å². The zero-order chi connectivity index (χ0) is 31.7. The third-order valence-corrected chi connectivity index (χ3v) is 11.3. The molecule has 2 aliphatic rings. The highest BCUT2D eigenvalue weighted by atomic mass is 15.2. The molecule has 0 amide bonds. The standard InChI is InChI=1S/C45H34N2/c1-44(2)37-19-11-12-20-41(37)47(43-28-14-6-5-13-27(28)21-22-46-43)42-26-39-36(25-40(42)44)35-23-33-31-17-9-7-15-29(31)30-16-8-10-18-32(30)34(33)24-38(35)45(39,3)4/h5-26H,1-4H3. The first-order valence-corrected chi connectivity index (χ1v) is 16.6. The van der Waals surface area contributed by atoms with Gasteiger partial charge in [-0.25, -0.2) is 4.98 Å². The van der Waals surface area contributed by atoms with Gasteiger partial charge in [0.05, 0.1) is 11.4 Å². The lowest BCUT2D eigenvalue weighted by Gasteiger charge is -2.42. The van der Waals surface area contributed by atoms with E-state index in [1.54, 1.807) is 0 Å². The van der Waals surface area contributed by atoms with Crippen LogP contribution in [0.5, 0.6) is 0 Å². The van der Waals surface area contributed by atoms with E-state index in [0.717, 1.165) is 11.2 Å². The quantitative estimate of drug-likeness (QED) is 0.174. The van der Waals surface area contributed by atoms with Crippen molar-refractivity contribution in [1.82, 2.24) is 4.98 Å². The average Bonchev–Trinajstić information content (AvgIpc) is 3.32. The van der Waals surface area contributed by atoms with Crippen molar-refractivity contribution in [2.45, 2.75) is 38.5 Å². The predicted octanol–water partition coefficient (Wildman–Crippen LogP) is 12.1. The maximum atomic E-state index is 5.07. The van der Waals surface area contributed by atoms with Crippen molar-refractivity contribution in [2.75, 3.05) is 4.90 Å². The van der Waals surface area contributed by atoms with Gasteiger partial charge in [0.15, 0.2) is 0 Å². The van der Waals surface area contributed by atoms with E-state index in [1.165, 1.54) is 82.5 Å². The average molecular weight is 603 g/mol. The smallest absolute Gasteiger partial charge is 0.145 e. The number of pyridine rings is 1. The first-order valence-electron chi connectivity index (χ1n) is 16.6. The molecule has 0 saturated heterocycles. The van der Waals surface area contributed by atoms with Gasteiger partial charge in [-0.3, -0.25) is 4.90 Å². The minimum absolute atomic E-state index is 0.181. The van der Waals surface area contributed by atoms with Crippen molar-refractivity contribution in [3.05, 3.63) is 156 Å². The Morgan fingerprint density at radius 3 is 1.68 bits per heavy atom. The molecule has 0 unspecified atom stereocenters. The van der Waals surface area contributed by atoms with Gasteiger partial charge < -0.3 is 0 Å². The van der Waals surface area contributed by atoms with Gasteiger partial charge >= 0.3 is 0 Å². The summed E-state index contributed by atoms with van der Waals surface area (Å²) >= 11 is 0. The molecule has 2 nitrogen and oxygen atoms in total. The Morgan fingerprint density at radius 2 is 0.957 bits per heavy atom. The van der Waals surface area contributed by atoms with E-state index in [4.69, 9.17) is 4.98 Å². The fourth-order valence-electron chi connectivity index (χ4n) is 8.83. The number of anilines is 3. The number of hydrogen-bond acceptors (Lipinski definition) is 2. The van der Waals surface area contributed by atoms with Crippen LogP contribution < -0.4 is 4.90 Å². The number of para-hydroxylation sites is 1. The van der Waals surface area contributed by atoms with Crippen molar-refractivity contribution in [3.8, 4) is 11.1 Å². The molecule has 0 radical (unpaired) electrons. The highest BCUT2D eigenvalue weighted by Gasteiger charge is 2.43. The Bertz CT molecular complexity index is 2640. The minimum atomic E-state index is -0.200. The van der Waals surface area contributed by atoms with E-state index in [9.17, 15) is 0 Å². The summed E-state index contributed by atoms with van der Waals surface area (Å²) in [7, 11) is 0. The zero-order valence-corrected chi connectivity index (χ0v) is 27.1. The summed E-state index contributed by atoms with van der Waals surface area (Å²) in [5.74, 6) is 0.976. The lowest BCUT2D eigenvalue weighted by molar-refractivity contribution is 0.627. The maximum absolute atomic E-state index is 5.07. The Labute approximate surface area is 274 Å². The van der Waals surface area contributed by atoms with Gasteiger partial charge in [-0.1, -0.05) is 119 Å². The van der Waals surface area contributed by atoms with E-state index in [-0.39, 0.29) is 10.8 Å². The highest BCUT2D eigenvalue weighted by Crippen LogP contribution is 2.58. The molecule has 0 atom stereocenters. The summed E-state index contributed by atoms with van der Waals surface area (Å²) in [6.07, 6.45) is 1.95. The Morgan fingerprint density at radius 1 is 0.426 bits per heavy atom. The molecule has 2 heteroatoms. The van der Waals surface area contributed by atoms with Crippen molar-refractivity contribution in [3.63, 3.8) is 0 Å². The Hall–Kier alpha value is -5.47. The Kier molecular flexibility index (Phi) is 5.16. The molecule has 0 N–H and O–H groups in total. The first kappa shape index (κ1) is 26.7. The second-order valence-electron chi connectivity index (χ2n) is 14.4. The van der Waals surface area contributed by atoms with Crippen LogP contribution in [0.15, 0.2) is 134 Å². The van der Waals surface area contributed by atoms with E-state index < -0.39 is 0 Å². The molecule has 0 spiro atoms. The van der Waals surface area contributed by atoms with Crippen LogP contribution in [0.3, 0.4) is 0 Å². The summed E-state index contributed by atoms with van der Waals surface area (Å²) in [5.41, 5.74) is 10.2. The molecule has 7 aromatic carbocycles. The van der Waals surface area contributed by atoms with Crippen LogP contribution in [0, 0.1) is 0 Å². The molecule has 10 rings (SSSR count). The topological polar surface area (TPSA) is 16.1 Å². The lowest BCUT2D eigenvalue weighted by atomic mass is 9.72. The monoisotopic (exact) mass is 602 g/mol. The normalized spacial score (nSPS) is 15.5. The first-order chi connectivity index (χ1) is 22.8. The van der Waals surface area contributed by atoms with Gasteiger partial charge in [-0.2, -0.15) is 0 Å². The number of rotatable bonds is 1. The molecular formula is C45H34N2. The molecule has 2 heterocycles. The van der Waals surface area contributed by atoms with Crippen LogP contribution in [0.2, 0.25) is 0 Å². The summed E-state index contributed by atoms with van der Waals surface area (Å²) in [4.78, 5) is 7.49. The minimum Gasteiger partial charge on any atom is -0.294 e. The number of nitrogens with zero attached hydrogens (tertiary/aromatic N) is 2. The largest absolute Gasteiger partial charge is 0.294 e. The third-order valence-electron chi connectivity index (χ3n) is 11.3. The summed E-state index contributed by atoms with van der Waals surface area (Å²) in [5, 5.41) is 10.3. The van der Waals surface area contributed by atoms with Crippen molar-refractivity contribution in [1.29, 1.82) is 0 Å². The molecule has 0 fully saturated rings. The van der Waals surface area contributed by atoms with Gasteiger partial charge in [-0.15, -0.1) is 0 Å². The van der Waals surface area contributed by atoms with Crippen LogP contribution in [0.4, 0.5) is 17.2 Å². The molecule has 224 valence electrons. The number of fused-ring (bicyclic) bond motifs is 12. The van der Waals surface area contributed by atoms with Crippen molar-refractivity contribution >= 4 is 60.3 Å². The molecule has 0 bridgehead atoms. The fraction of sp³-hybridized carbons (Fsp3) is 0.133. The molecule has 0 saturated carbocycles. The van der Waals surface area contributed by atoms with Crippen LogP contribution in [-0.4, -0.2) is 4.98 Å². The van der Waals surface area contributed by atoms with Crippen LogP contribution in [-0.2, 0) is 10.8 Å². The number of benzene rings is 7. The summed E-state index contributed by atoms with van der Waals surface area (Å²) < 4.78 is 0. The van der Waals surface area contributed by atoms with Gasteiger partial charge in [0.1, 0.15) is 5.82 Å². The van der Waals surface area contributed by atoms with Gasteiger partial charge in [0.25, 0.3) is 0 Å². The number of aromatic nitrogens is 1. The summed E-state index contributed by atoms with van der Waals surface area (Å²) in [6, 6.07) is 47.4. The summed E-state index contributed by atoms with van der Waals surface area (Å²) in [6.45, 7) is 9.57. The van der Waals surface area contributed by atoms with E-state index in [2.05, 4.69) is 160 Å². The second kappa shape index (κ2) is 9.08. The van der Waals surface area contributed by atoms with E-state index in [1.807, 2.05) is 6.20 Å². The van der Waals surface area contributed by atoms with Crippen molar-refractivity contribution in [2.24, 2.45) is 0 Å². The predicted molar refractivity (Wildman–Crippen MR) is 199 cm³/mol. The molecule has 1 aromatic heterocycles. The number of hydrogen-bond donors (Lipinski definition) is 0. The van der Waals surface area contributed by atoms with Crippen LogP contribution in [0.1, 0.15) is 49.9 Å². The van der Waals surface area contributed by atoms with Crippen LogP contribution in [0.25, 0.3) is 54.2 Å². The van der Waals surface area contributed by atoms with E-state index >= 15 is 0 Å². The molecule has 47 heavy (non-hydrogen) atoms. The van der Waals surface area contributed by atoms with Crippen molar-refractivity contribution < 1.29 is 0 Å². The Balaban J connectivity index is 1.30. The fourth-order valence-corrected chi connectivity index (χ4v) is 8.83. The molecule has 8 aromatic rings. The highest BCUT2D eigenvalue weighted by molar-refractivity contribution is 6.26. The van der Waals surface area contributed by atoms with E-state index in [0.29, 0.717) is 0 Å². The molecule has 1 aliphatic heterocycles. The molecule has 1 aliphatic carbocycles.